The van der Waals surface area contributed by atoms with E-state index in [4.69, 9.17) is 10.00 Å². The van der Waals surface area contributed by atoms with Crippen LogP contribution in [0.25, 0.3) is 0 Å². The van der Waals surface area contributed by atoms with E-state index in [1.54, 1.807) is 0 Å². The van der Waals surface area contributed by atoms with Gasteiger partial charge in [0.25, 0.3) is 0 Å². The summed E-state index contributed by atoms with van der Waals surface area (Å²) in [5, 5.41) is 12.3. The van der Waals surface area contributed by atoms with Crippen LogP contribution in [0.5, 0.6) is 5.75 Å². The van der Waals surface area contributed by atoms with Gasteiger partial charge in [-0.3, -0.25) is 4.98 Å². The highest BCUT2D eigenvalue weighted by Crippen LogP contribution is 2.20. The molecule has 1 rings (SSSR count). The first kappa shape index (κ1) is 13.5. The summed E-state index contributed by atoms with van der Waals surface area (Å²) in [6.45, 7) is 8.20. The van der Waals surface area contributed by atoms with Crippen LogP contribution in [0.3, 0.4) is 0 Å². The van der Waals surface area contributed by atoms with Crippen molar-refractivity contribution in [2.24, 2.45) is 0 Å². The van der Waals surface area contributed by atoms with Crippen LogP contribution in [0.1, 0.15) is 30.3 Å². The molecule has 0 aliphatic rings. The topological polar surface area (TPSA) is 57.9 Å². The van der Waals surface area contributed by atoms with Gasteiger partial charge in [0.15, 0.2) is 0 Å². The van der Waals surface area contributed by atoms with E-state index in [2.05, 4.69) is 23.3 Å². The van der Waals surface area contributed by atoms with E-state index in [9.17, 15) is 0 Å². The number of nitriles is 1. The Labute approximate surface area is 103 Å². The van der Waals surface area contributed by atoms with Crippen LogP contribution in [0.15, 0.2) is 6.07 Å². The van der Waals surface area contributed by atoms with Gasteiger partial charge in [-0.15, -0.1) is 0 Å². The van der Waals surface area contributed by atoms with Crippen molar-refractivity contribution in [1.82, 2.24) is 10.3 Å². The number of pyridine rings is 1. The number of nitrogens with zero attached hydrogens (tertiary/aromatic N) is 2. The van der Waals surface area contributed by atoms with Crippen molar-refractivity contribution in [3.8, 4) is 11.8 Å². The standard InChI is InChI=1S/C13H19N3O/c1-4-5-15-6-7-17-13-8-10(2)16-11(3)12(13)9-14/h8,15H,4-7H2,1-3H3. The summed E-state index contributed by atoms with van der Waals surface area (Å²) in [5.74, 6) is 0.635. The highest BCUT2D eigenvalue weighted by atomic mass is 16.5. The summed E-state index contributed by atoms with van der Waals surface area (Å²) in [5.41, 5.74) is 2.13. The van der Waals surface area contributed by atoms with Gasteiger partial charge in [0, 0.05) is 18.3 Å². The highest BCUT2D eigenvalue weighted by molar-refractivity contribution is 5.46. The molecule has 0 spiro atoms. The predicted molar refractivity (Wildman–Crippen MR) is 67.1 cm³/mol. The van der Waals surface area contributed by atoms with E-state index >= 15 is 0 Å². The van der Waals surface area contributed by atoms with E-state index in [0.717, 1.165) is 30.9 Å². The number of nitrogens with one attached hydrogen (secondary N) is 1. The van der Waals surface area contributed by atoms with Crippen molar-refractivity contribution < 1.29 is 4.74 Å². The van der Waals surface area contributed by atoms with Gasteiger partial charge in [-0.05, 0) is 26.8 Å². The number of aryl methyl sites for hydroxylation is 2. The second kappa shape index (κ2) is 6.87. The van der Waals surface area contributed by atoms with Crippen molar-refractivity contribution in [3.63, 3.8) is 0 Å². The molecule has 0 aliphatic carbocycles. The monoisotopic (exact) mass is 233 g/mol. The zero-order chi connectivity index (χ0) is 12.7. The van der Waals surface area contributed by atoms with Crippen molar-refractivity contribution >= 4 is 0 Å². The molecule has 1 aromatic rings. The molecule has 4 heteroatoms. The molecule has 4 nitrogen and oxygen atoms in total. The molecule has 0 atom stereocenters. The fourth-order valence-corrected chi connectivity index (χ4v) is 1.58. The summed E-state index contributed by atoms with van der Waals surface area (Å²) in [4.78, 5) is 4.24. The summed E-state index contributed by atoms with van der Waals surface area (Å²) in [6.07, 6.45) is 1.11. The van der Waals surface area contributed by atoms with E-state index in [0.29, 0.717) is 17.9 Å². The van der Waals surface area contributed by atoms with Crippen LogP contribution in [-0.4, -0.2) is 24.7 Å². The molecule has 0 bridgehead atoms. The van der Waals surface area contributed by atoms with Crippen LogP contribution < -0.4 is 10.1 Å². The molecule has 0 unspecified atom stereocenters. The van der Waals surface area contributed by atoms with Crippen molar-refractivity contribution in [1.29, 1.82) is 5.26 Å². The number of ether oxygens (including phenoxy) is 1. The molecule has 0 radical (unpaired) electrons. The van der Waals surface area contributed by atoms with E-state index < -0.39 is 0 Å². The summed E-state index contributed by atoms with van der Waals surface area (Å²) >= 11 is 0. The fraction of sp³-hybridized carbons (Fsp3) is 0.538. The normalized spacial score (nSPS) is 10.0. The van der Waals surface area contributed by atoms with Crippen LogP contribution in [0.4, 0.5) is 0 Å². The molecule has 0 amide bonds. The lowest BCUT2D eigenvalue weighted by Gasteiger charge is -2.10. The maximum absolute atomic E-state index is 9.05. The average Bonchev–Trinajstić information content (AvgIpc) is 2.28. The Morgan fingerprint density at radius 1 is 1.41 bits per heavy atom. The molecular formula is C13H19N3O. The molecule has 1 heterocycles. The minimum absolute atomic E-state index is 0.533. The highest BCUT2D eigenvalue weighted by Gasteiger charge is 2.08. The lowest BCUT2D eigenvalue weighted by atomic mass is 10.2. The maximum atomic E-state index is 9.05. The molecule has 0 saturated carbocycles. The first-order valence-electron chi connectivity index (χ1n) is 5.91. The molecule has 17 heavy (non-hydrogen) atoms. The number of aromatic nitrogens is 1. The lowest BCUT2D eigenvalue weighted by Crippen LogP contribution is -2.21. The predicted octanol–water partition coefficient (Wildman–Crippen LogP) is 1.95. The van der Waals surface area contributed by atoms with Crippen molar-refractivity contribution in [2.75, 3.05) is 19.7 Å². The molecule has 0 aliphatic heterocycles. The molecule has 92 valence electrons. The minimum atomic E-state index is 0.533. The molecular weight excluding hydrogens is 214 g/mol. The minimum Gasteiger partial charge on any atom is -0.491 e. The SMILES string of the molecule is CCCNCCOc1cc(C)nc(C)c1C#N. The van der Waals surface area contributed by atoms with Crippen LogP contribution in [0.2, 0.25) is 0 Å². The molecule has 1 N–H and O–H groups in total. The Morgan fingerprint density at radius 2 is 2.18 bits per heavy atom. The Morgan fingerprint density at radius 3 is 2.82 bits per heavy atom. The van der Waals surface area contributed by atoms with E-state index in [-0.39, 0.29) is 0 Å². The van der Waals surface area contributed by atoms with Crippen molar-refractivity contribution in [2.45, 2.75) is 27.2 Å². The lowest BCUT2D eigenvalue weighted by molar-refractivity contribution is 0.312. The zero-order valence-corrected chi connectivity index (χ0v) is 10.7. The Hall–Kier alpha value is -1.60. The number of hydrogen-bond acceptors (Lipinski definition) is 4. The summed E-state index contributed by atoms with van der Waals surface area (Å²) in [6, 6.07) is 3.95. The van der Waals surface area contributed by atoms with Gasteiger partial charge in [0.2, 0.25) is 0 Å². The third kappa shape index (κ3) is 4.04. The van der Waals surface area contributed by atoms with Gasteiger partial charge < -0.3 is 10.1 Å². The first-order chi connectivity index (χ1) is 8.19. The smallest absolute Gasteiger partial charge is 0.140 e. The average molecular weight is 233 g/mol. The van der Waals surface area contributed by atoms with Gasteiger partial charge in [-0.2, -0.15) is 5.26 Å². The quantitative estimate of drug-likeness (QED) is 0.763. The van der Waals surface area contributed by atoms with Crippen LogP contribution in [0, 0.1) is 25.2 Å². The molecule has 0 saturated heterocycles. The van der Waals surface area contributed by atoms with E-state index in [1.165, 1.54) is 0 Å². The third-order valence-electron chi connectivity index (χ3n) is 2.37. The largest absolute Gasteiger partial charge is 0.491 e. The van der Waals surface area contributed by atoms with Crippen LogP contribution >= 0.6 is 0 Å². The number of hydrogen-bond donors (Lipinski definition) is 1. The van der Waals surface area contributed by atoms with Gasteiger partial charge in [-0.1, -0.05) is 6.92 Å². The Balaban J connectivity index is 2.61. The van der Waals surface area contributed by atoms with Crippen molar-refractivity contribution in [3.05, 3.63) is 23.0 Å². The number of rotatable bonds is 6. The fourth-order valence-electron chi connectivity index (χ4n) is 1.58. The zero-order valence-electron chi connectivity index (χ0n) is 10.7. The molecule has 0 aromatic carbocycles. The van der Waals surface area contributed by atoms with Gasteiger partial charge >= 0.3 is 0 Å². The third-order valence-corrected chi connectivity index (χ3v) is 2.37. The molecule has 0 fully saturated rings. The molecule has 1 aromatic heterocycles. The second-order valence-electron chi connectivity index (χ2n) is 3.93. The van der Waals surface area contributed by atoms with Gasteiger partial charge in [-0.25, -0.2) is 0 Å². The second-order valence-corrected chi connectivity index (χ2v) is 3.93. The summed E-state index contributed by atoms with van der Waals surface area (Å²) in [7, 11) is 0. The first-order valence-corrected chi connectivity index (χ1v) is 5.91. The van der Waals surface area contributed by atoms with E-state index in [1.807, 2.05) is 19.9 Å². The summed E-state index contributed by atoms with van der Waals surface area (Å²) < 4.78 is 5.61. The van der Waals surface area contributed by atoms with Gasteiger partial charge in [0.05, 0.1) is 5.69 Å². The Kier molecular flexibility index (Phi) is 5.44. The maximum Gasteiger partial charge on any atom is 0.140 e. The Bertz CT molecular complexity index is 410. The van der Waals surface area contributed by atoms with Crippen LogP contribution in [-0.2, 0) is 0 Å². The van der Waals surface area contributed by atoms with Gasteiger partial charge in [0.1, 0.15) is 24.0 Å².